The summed E-state index contributed by atoms with van der Waals surface area (Å²) in [5.41, 5.74) is 0.981. The van der Waals surface area contributed by atoms with Crippen molar-refractivity contribution in [2.24, 2.45) is 28.6 Å². The molecule has 110 valence electrons. The highest BCUT2D eigenvalue weighted by Crippen LogP contribution is 2.36. The Morgan fingerprint density at radius 2 is 1.28 bits per heavy atom. The first kappa shape index (κ1) is 18.0. The third kappa shape index (κ3) is 6.81. The first-order chi connectivity index (χ1) is 7.99. The van der Waals surface area contributed by atoms with E-state index in [4.69, 9.17) is 0 Å². The smallest absolute Gasteiger partial charge is 0.0331 e. The van der Waals surface area contributed by atoms with Crippen molar-refractivity contribution in [2.75, 3.05) is 0 Å². The van der Waals surface area contributed by atoms with Crippen molar-refractivity contribution in [1.29, 1.82) is 0 Å². The highest BCUT2D eigenvalue weighted by atomic mass is 14.3. The Kier molecular flexibility index (Phi) is 6.96. The zero-order valence-electron chi connectivity index (χ0n) is 14.6. The summed E-state index contributed by atoms with van der Waals surface area (Å²) in [6.07, 6.45) is 5.41. The predicted molar refractivity (Wildman–Crippen MR) is 84.9 cm³/mol. The molecule has 18 heavy (non-hydrogen) atoms. The molecule has 0 aromatic carbocycles. The van der Waals surface area contributed by atoms with Gasteiger partial charge in [-0.15, -0.1) is 0 Å². The lowest BCUT2D eigenvalue weighted by atomic mass is 9.73. The van der Waals surface area contributed by atoms with Gasteiger partial charge in [0, 0.05) is 0 Å². The lowest BCUT2D eigenvalue weighted by Crippen LogP contribution is -2.22. The summed E-state index contributed by atoms with van der Waals surface area (Å²) < 4.78 is 0. The molecule has 0 aliphatic carbocycles. The van der Waals surface area contributed by atoms with Crippen molar-refractivity contribution in [3.8, 4) is 0 Å². The maximum absolute atomic E-state index is 2.45. The zero-order valence-corrected chi connectivity index (χ0v) is 14.6. The Hall–Kier alpha value is 0. The van der Waals surface area contributed by atoms with E-state index in [0.29, 0.717) is 10.8 Å². The van der Waals surface area contributed by atoms with Gasteiger partial charge < -0.3 is 0 Å². The van der Waals surface area contributed by atoms with E-state index in [1.54, 1.807) is 0 Å². The van der Waals surface area contributed by atoms with Crippen molar-refractivity contribution in [3.05, 3.63) is 0 Å². The van der Waals surface area contributed by atoms with Gasteiger partial charge in [-0.2, -0.15) is 0 Å². The number of hydrogen-bond acceptors (Lipinski definition) is 0. The molecule has 0 spiro atoms. The SMILES string of the molecule is CCC(C)(C)C(C)CCC(C)C(C)CC(C)(C)C. The van der Waals surface area contributed by atoms with E-state index in [1.165, 1.54) is 25.7 Å². The molecule has 0 radical (unpaired) electrons. The topological polar surface area (TPSA) is 0 Å². The fourth-order valence-electron chi connectivity index (χ4n) is 2.70. The second kappa shape index (κ2) is 6.96. The molecule has 3 atom stereocenters. The first-order valence-electron chi connectivity index (χ1n) is 7.99. The van der Waals surface area contributed by atoms with Crippen LogP contribution in [0.3, 0.4) is 0 Å². The molecule has 0 heteroatoms. The summed E-state index contributed by atoms with van der Waals surface area (Å²) >= 11 is 0. The largest absolute Gasteiger partial charge is 0.0649 e. The predicted octanol–water partition coefficient (Wildman–Crippen LogP) is 6.55. The lowest BCUT2D eigenvalue weighted by Gasteiger charge is -2.33. The van der Waals surface area contributed by atoms with E-state index in [1.807, 2.05) is 0 Å². The number of hydrogen-bond donors (Lipinski definition) is 0. The highest BCUT2D eigenvalue weighted by Gasteiger charge is 2.25. The van der Waals surface area contributed by atoms with Crippen LogP contribution in [0.5, 0.6) is 0 Å². The van der Waals surface area contributed by atoms with E-state index >= 15 is 0 Å². The molecular formula is C18H38. The van der Waals surface area contributed by atoms with E-state index < -0.39 is 0 Å². The van der Waals surface area contributed by atoms with E-state index in [9.17, 15) is 0 Å². The van der Waals surface area contributed by atoms with Crippen molar-refractivity contribution in [2.45, 2.75) is 88.0 Å². The third-order valence-corrected chi connectivity index (χ3v) is 5.21. The first-order valence-corrected chi connectivity index (χ1v) is 7.99. The Morgan fingerprint density at radius 3 is 1.67 bits per heavy atom. The molecule has 0 aliphatic heterocycles. The monoisotopic (exact) mass is 254 g/mol. The van der Waals surface area contributed by atoms with Crippen LogP contribution in [0.4, 0.5) is 0 Å². The zero-order chi connectivity index (χ0) is 14.6. The van der Waals surface area contributed by atoms with Crippen molar-refractivity contribution < 1.29 is 0 Å². The van der Waals surface area contributed by atoms with Crippen LogP contribution in [0, 0.1) is 28.6 Å². The molecule has 0 aliphatic rings. The highest BCUT2D eigenvalue weighted by molar-refractivity contribution is 4.76. The van der Waals surface area contributed by atoms with Crippen LogP contribution in [-0.4, -0.2) is 0 Å². The van der Waals surface area contributed by atoms with Crippen molar-refractivity contribution >= 4 is 0 Å². The Morgan fingerprint density at radius 1 is 0.778 bits per heavy atom. The quantitative estimate of drug-likeness (QED) is 0.483. The van der Waals surface area contributed by atoms with Crippen molar-refractivity contribution in [3.63, 3.8) is 0 Å². The minimum atomic E-state index is 0.474. The molecule has 0 bridgehead atoms. The minimum absolute atomic E-state index is 0.474. The maximum atomic E-state index is 2.45. The standard InChI is InChI=1S/C18H38/c1-10-18(8,9)16(4)12-11-14(2)15(3)13-17(5,6)7/h14-16H,10-13H2,1-9H3. The molecule has 0 aromatic rings. The van der Waals surface area contributed by atoms with Gasteiger partial charge in [0.25, 0.3) is 0 Å². The van der Waals surface area contributed by atoms with Crippen LogP contribution >= 0.6 is 0 Å². The van der Waals surface area contributed by atoms with Crippen LogP contribution in [0.15, 0.2) is 0 Å². The van der Waals surface area contributed by atoms with Gasteiger partial charge in [-0.25, -0.2) is 0 Å². The van der Waals surface area contributed by atoms with Crippen LogP contribution < -0.4 is 0 Å². The molecule has 0 saturated heterocycles. The molecule has 0 heterocycles. The molecule has 0 saturated carbocycles. The van der Waals surface area contributed by atoms with Crippen LogP contribution in [0.2, 0.25) is 0 Å². The molecule has 0 amide bonds. The fourth-order valence-corrected chi connectivity index (χ4v) is 2.70. The van der Waals surface area contributed by atoms with E-state index in [2.05, 4.69) is 62.3 Å². The van der Waals surface area contributed by atoms with Gasteiger partial charge in [-0.3, -0.25) is 0 Å². The molecular weight excluding hydrogens is 216 g/mol. The van der Waals surface area contributed by atoms with E-state index in [-0.39, 0.29) is 0 Å². The second-order valence-corrected chi connectivity index (χ2v) is 8.54. The van der Waals surface area contributed by atoms with Crippen LogP contribution in [0.1, 0.15) is 88.0 Å². The molecule has 0 N–H and O–H groups in total. The van der Waals surface area contributed by atoms with Crippen LogP contribution in [0.25, 0.3) is 0 Å². The summed E-state index contributed by atoms with van der Waals surface area (Å²) in [6, 6.07) is 0. The third-order valence-electron chi connectivity index (χ3n) is 5.21. The average Bonchev–Trinajstić information content (AvgIpc) is 2.22. The van der Waals surface area contributed by atoms with Gasteiger partial charge in [-0.1, -0.05) is 75.2 Å². The van der Waals surface area contributed by atoms with Gasteiger partial charge in [0.2, 0.25) is 0 Å². The summed E-state index contributed by atoms with van der Waals surface area (Å²) in [5.74, 6) is 2.55. The second-order valence-electron chi connectivity index (χ2n) is 8.54. The van der Waals surface area contributed by atoms with Gasteiger partial charge >= 0.3 is 0 Å². The van der Waals surface area contributed by atoms with Gasteiger partial charge in [0.1, 0.15) is 0 Å². The average molecular weight is 255 g/mol. The Balaban J connectivity index is 4.14. The number of rotatable bonds is 7. The summed E-state index contributed by atoms with van der Waals surface area (Å²) in [5, 5.41) is 0. The molecule has 0 aromatic heterocycles. The van der Waals surface area contributed by atoms with E-state index in [0.717, 1.165) is 17.8 Å². The fraction of sp³-hybridized carbons (Fsp3) is 1.00. The maximum Gasteiger partial charge on any atom is -0.0331 e. The van der Waals surface area contributed by atoms with Crippen LogP contribution in [-0.2, 0) is 0 Å². The Bertz CT molecular complexity index is 219. The lowest BCUT2D eigenvalue weighted by molar-refractivity contribution is 0.178. The van der Waals surface area contributed by atoms with Crippen molar-refractivity contribution in [1.82, 2.24) is 0 Å². The van der Waals surface area contributed by atoms with Gasteiger partial charge in [-0.05, 0) is 41.4 Å². The van der Waals surface area contributed by atoms with Gasteiger partial charge in [0.05, 0.1) is 0 Å². The minimum Gasteiger partial charge on any atom is -0.0649 e. The summed E-state index contributed by atoms with van der Waals surface area (Å²) in [7, 11) is 0. The summed E-state index contributed by atoms with van der Waals surface area (Å²) in [6.45, 7) is 21.6. The molecule has 0 rings (SSSR count). The Labute approximate surface area is 117 Å². The van der Waals surface area contributed by atoms with Gasteiger partial charge in [0.15, 0.2) is 0 Å². The summed E-state index contributed by atoms with van der Waals surface area (Å²) in [4.78, 5) is 0. The molecule has 0 fully saturated rings. The molecule has 3 unspecified atom stereocenters. The normalized spacial score (nSPS) is 18.5. The molecule has 0 nitrogen and oxygen atoms in total.